The van der Waals surface area contributed by atoms with Crippen LogP contribution in [0.5, 0.6) is 0 Å². The highest BCUT2D eigenvalue weighted by Gasteiger charge is 2.57. The van der Waals surface area contributed by atoms with Gasteiger partial charge in [0.15, 0.2) is 0 Å². The van der Waals surface area contributed by atoms with Crippen molar-refractivity contribution < 1.29 is 13.6 Å². The molecule has 0 spiro atoms. The summed E-state index contributed by atoms with van der Waals surface area (Å²) in [4.78, 5) is 11.8. The van der Waals surface area contributed by atoms with E-state index in [0.29, 0.717) is 0 Å². The number of alkyl halides is 2. The zero-order valence-electron chi connectivity index (χ0n) is 11.6. The number of benzene rings is 1. The molecule has 2 saturated carbocycles. The molecule has 1 aromatic carbocycles. The lowest BCUT2D eigenvalue weighted by atomic mass is 10.0. The van der Waals surface area contributed by atoms with Crippen molar-refractivity contribution >= 4 is 5.91 Å². The van der Waals surface area contributed by atoms with Crippen molar-refractivity contribution in [2.75, 3.05) is 0 Å². The second-order valence-electron chi connectivity index (χ2n) is 6.36. The SMILES string of the molecule is Cc1cccc(CC2(NC(=O)C[C@@H]3CC3(F)F)CC2)c1. The number of amides is 1. The number of nitrogens with one attached hydrogen (secondary N) is 1. The van der Waals surface area contributed by atoms with Crippen LogP contribution in [0, 0.1) is 12.8 Å². The molecule has 0 radical (unpaired) electrons. The molecule has 2 aliphatic carbocycles. The lowest BCUT2D eigenvalue weighted by Crippen LogP contribution is -2.38. The van der Waals surface area contributed by atoms with E-state index in [0.717, 1.165) is 19.3 Å². The molecule has 0 bridgehead atoms. The standard InChI is InChI=1S/C16H19F2NO/c1-11-3-2-4-12(7-11)9-15(5-6-15)19-14(20)8-13-10-16(13,17)18/h2-4,7,13H,5-6,8-10H2,1H3,(H,19,20)/t13-/m1/s1. The van der Waals surface area contributed by atoms with Gasteiger partial charge in [-0.3, -0.25) is 4.79 Å². The van der Waals surface area contributed by atoms with Crippen molar-refractivity contribution in [3.63, 3.8) is 0 Å². The number of rotatable bonds is 5. The van der Waals surface area contributed by atoms with E-state index in [1.54, 1.807) is 0 Å². The molecule has 108 valence electrons. The normalized spacial score (nSPS) is 25.1. The van der Waals surface area contributed by atoms with Crippen LogP contribution in [0.1, 0.15) is 36.8 Å². The molecule has 0 saturated heterocycles. The van der Waals surface area contributed by atoms with Gasteiger partial charge < -0.3 is 5.32 Å². The van der Waals surface area contributed by atoms with Crippen molar-refractivity contribution in [2.45, 2.75) is 50.5 Å². The molecule has 0 unspecified atom stereocenters. The third kappa shape index (κ3) is 3.00. The minimum Gasteiger partial charge on any atom is -0.350 e. The van der Waals surface area contributed by atoms with Gasteiger partial charge in [0.05, 0.1) is 0 Å². The van der Waals surface area contributed by atoms with Gasteiger partial charge in [-0.15, -0.1) is 0 Å². The fraction of sp³-hybridized carbons (Fsp3) is 0.562. The summed E-state index contributed by atoms with van der Waals surface area (Å²) >= 11 is 0. The number of aryl methyl sites for hydroxylation is 1. The fourth-order valence-electron chi connectivity index (χ4n) is 2.77. The molecular formula is C16H19F2NO. The first-order chi connectivity index (χ1) is 9.39. The first-order valence-electron chi connectivity index (χ1n) is 7.13. The van der Waals surface area contributed by atoms with Crippen LogP contribution in [-0.2, 0) is 11.2 Å². The Balaban J connectivity index is 1.55. The summed E-state index contributed by atoms with van der Waals surface area (Å²) in [6.07, 6.45) is 2.50. The summed E-state index contributed by atoms with van der Waals surface area (Å²) in [5.41, 5.74) is 2.21. The minimum atomic E-state index is -2.61. The van der Waals surface area contributed by atoms with Crippen molar-refractivity contribution in [2.24, 2.45) is 5.92 Å². The molecule has 1 aromatic rings. The molecule has 2 fully saturated rings. The maximum absolute atomic E-state index is 12.8. The van der Waals surface area contributed by atoms with Crippen molar-refractivity contribution in [3.8, 4) is 0 Å². The van der Waals surface area contributed by atoms with Crippen LogP contribution < -0.4 is 5.32 Å². The van der Waals surface area contributed by atoms with Gasteiger partial charge in [-0.05, 0) is 31.7 Å². The zero-order chi connectivity index (χ0) is 14.4. The minimum absolute atomic E-state index is 0.0391. The van der Waals surface area contributed by atoms with Gasteiger partial charge in [0.25, 0.3) is 5.92 Å². The molecule has 0 aromatic heterocycles. The molecule has 1 atom stereocenters. The van der Waals surface area contributed by atoms with Gasteiger partial charge >= 0.3 is 0 Å². The van der Waals surface area contributed by atoms with Crippen LogP contribution >= 0.6 is 0 Å². The lowest BCUT2D eigenvalue weighted by molar-refractivity contribution is -0.123. The van der Waals surface area contributed by atoms with E-state index in [-0.39, 0.29) is 24.3 Å². The maximum Gasteiger partial charge on any atom is 0.252 e. The lowest BCUT2D eigenvalue weighted by Gasteiger charge is -2.18. The van der Waals surface area contributed by atoms with E-state index in [2.05, 4.69) is 11.4 Å². The Hall–Kier alpha value is -1.45. The van der Waals surface area contributed by atoms with Gasteiger partial charge in [-0.2, -0.15) is 0 Å². The molecule has 0 heterocycles. The smallest absolute Gasteiger partial charge is 0.252 e. The molecule has 1 N–H and O–H groups in total. The number of hydrogen-bond acceptors (Lipinski definition) is 1. The number of carbonyl (C=O) groups is 1. The van der Waals surface area contributed by atoms with E-state index in [4.69, 9.17) is 0 Å². The summed E-state index contributed by atoms with van der Waals surface area (Å²) in [5, 5.41) is 2.97. The Labute approximate surface area is 117 Å². The Morgan fingerprint density at radius 1 is 1.40 bits per heavy atom. The Morgan fingerprint density at radius 2 is 2.10 bits per heavy atom. The first-order valence-corrected chi connectivity index (χ1v) is 7.13. The number of carbonyl (C=O) groups excluding carboxylic acids is 1. The second kappa shape index (κ2) is 4.54. The predicted molar refractivity (Wildman–Crippen MR) is 72.7 cm³/mol. The fourth-order valence-corrected chi connectivity index (χ4v) is 2.77. The quantitative estimate of drug-likeness (QED) is 0.881. The Morgan fingerprint density at radius 3 is 2.65 bits per heavy atom. The van der Waals surface area contributed by atoms with Crippen LogP contribution in [0.15, 0.2) is 24.3 Å². The van der Waals surface area contributed by atoms with Gasteiger partial charge in [-0.1, -0.05) is 29.8 Å². The molecule has 0 aliphatic heterocycles. The topological polar surface area (TPSA) is 29.1 Å². The third-order valence-corrected chi connectivity index (χ3v) is 4.27. The van der Waals surface area contributed by atoms with Crippen molar-refractivity contribution in [1.29, 1.82) is 0 Å². The Bertz CT molecular complexity index is 537. The average Bonchev–Trinajstić information content (AvgIpc) is 3.19. The maximum atomic E-state index is 12.8. The Kier molecular flexibility index (Phi) is 3.07. The molecular weight excluding hydrogens is 260 g/mol. The number of hydrogen-bond donors (Lipinski definition) is 1. The molecule has 20 heavy (non-hydrogen) atoms. The van der Waals surface area contributed by atoms with Crippen LogP contribution in [0.2, 0.25) is 0 Å². The van der Waals surface area contributed by atoms with E-state index in [9.17, 15) is 13.6 Å². The van der Waals surface area contributed by atoms with Crippen LogP contribution in [-0.4, -0.2) is 17.4 Å². The summed E-state index contributed by atoms with van der Waals surface area (Å²) in [7, 11) is 0. The largest absolute Gasteiger partial charge is 0.350 e. The van der Waals surface area contributed by atoms with Crippen LogP contribution in [0.3, 0.4) is 0 Å². The summed E-state index contributed by atoms with van der Waals surface area (Å²) in [6, 6.07) is 8.21. The van der Waals surface area contributed by atoms with Crippen molar-refractivity contribution in [3.05, 3.63) is 35.4 Å². The van der Waals surface area contributed by atoms with Gasteiger partial charge in [0, 0.05) is 24.3 Å². The van der Waals surface area contributed by atoms with E-state index in [1.807, 2.05) is 25.1 Å². The summed E-state index contributed by atoms with van der Waals surface area (Å²) < 4.78 is 25.6. The van der Waals surface area contributed by atoms with Gasteiger partial charge in [0.1, 0.15) is 0 Å². The van der Waals surface area contributed by atoms with E-state index >= 15 is 0 Å². The van der Waals surface area contributed by atoms with Gasteiger partial charge in [0.2, 0.25) is 5.91 Å². The molecule has 3 rings (SSSR count). The molecule has 4 heteroatoms. The number of halogens is 2. The van der Waals surface area contributed by atoms with Gasteiger partial charge in [-0.25, -0.2) is 8.78 Å². The first kappa shape index (κ1) is 13.5. The van der Waals surface area contributed by atoms with Crippen LogP contribution in [0.25, 0.3) is 0 Å². The predicted octanol–water partition coefficient (Wildman–Crippen LogP) is 3.23. The molecule has 2 aliphatic rings. The molecule has 1 amide bonds. The monoisotopic (exact) mass is 279 g/mol. The summed E-state index contributed by atoms with van der Waals surface area (Å²) in [5.74, 6) is -3.57. The van der Waals surface area contributed by atoms with Crippen LogP contribution in [0.4, 0.5) is 8.78 Å². The highest BCUT2D eigenvalue weighted by molar-refractivity contribution is 5.78. The summed E-state index contributed by atoms with van der Waals surface area (Å²) in [6.45, 7) is 2.04. The molecule has 2 nitrogen and oxygen atoms in total. The zero-order valence-corrected chi connectivity index (χ0v) is 11.6. The highest BCUT2D eigenvalue weighted by atomic mass is 19.3. The van der Waals surface area contributed by atoms with E-state index in [1.165, 1.54) is 11.1 Å². The average molecular weight is 279 g/mol. The second-order valence-corrected chi connectivity index (χ2v) is 6.36. The highest BCUT2D eigenvalue weighted by Crippen LogP contribution is 2.51. The van der Waals surface area contributed by atoms with Crippen molar-refractivity contribution in [1.82, 2.24) is 5.32 Å². The van der Waals surface area contributed by atoms with E-state index < -0.39 is 11.8 Å². The third-order valence-electron chi connectivity index (χ3n) is 4.27.